The van der Waals surface area contributed by atoms with Crippen molar-refractivity contribution < 1.29 is 9.47 Å². The van der Waals surface area contributed by atoms with Crippen molar-refractivity contribution in [3.05, 3.63) is 89.0 Å². The van der Waals surface area contributed by atoms with Crippen molar-refractivity contribution in [2.75, 3.05) is 19.5 Å². The zero-order chi connectivity index (χ0) is 20.9. The van der Waals surface area contributed by atoms with Gasteiger partial charge in [0.15, 0.2) is 0 Å². The number of nitrogens with one attached hydrogen (secondary N) is 1. The van der Waals surface area contributed by atoms with Gasteiger partial charge in [-0.25, -0.2) is 0 Å². The van der Waals surface area contributed by atoms with Gasteiger partial charge in [-0.05, 0) is 79.0 Å². The van der Waals surface area contributed by atoms with Gasteiger partial charge in [0.05, 0.1) is 14.2 Å². The van der Waals surface area contributed by atoms with Crippen LogP contribution in [0.15, 0.2) is 66.7 Å². The number of hydrogen-bond donors (Lipinski definition) is 1. The Morgan fingerprint density at radius 1 is 0.900 bits per heavy atom. The van der Waals surface area contributed by atoms with E-state index in [9.17, 15) is 0 Å². The Bertz CT molecular complexity index is 983. The van der Waals surface area contributed by atoms with Crippen LogP contribution in [0, 0.1) is 0 Å². The molecule has 0 radical (unpaired) electrons. The Morgan fingerprint density at radius 3 is 2.40 bits per heavy atom. The molecule has 156 valence electrons. The molecule has 3 heteroatoms. The van der Waals surface area contributed by atoms with E-state index in [0.717, 1.165) is 37.2 Å². The predicted octanol–water partition coefficient (Wildman–Crippen LogP) is 6.02. The van der Waals surface area contributed by atoms with Crippen molar-refractivity contribution in [2.45, 2.75) is 44.6 Å². The second kappa shape index (κ2) is 9.25. The highest BCUT2D eigenvalue weighted by Gasteiger charge is 2.23. The Labute approximate surface area is 180 Å². The van der Waals surface area contributed by atoms with Crippen LogP contribution in [0.3, 0.4) is 0 Å². The van der Waals surface area contributed by atoms with E-state index in [-0.39, 0.29) is 0 Å². The molecule has 30 heavy (non-hydrogen) atoms. The average Bonchev–Trinajstić information content (AvgIpc) is 2.79. The van der Waals surface area contributed by atoms with Crippen LogP contribution >= 0.6 is 0 Å². The van der Waals surface area contributed by atoms with Crippen molar-refractivity contribution in [3.63, 3.8) is 0 Å². The highest BCUT2D eigenvalue weighted by molar-refractivity contribution is 5.58. The smallest absolute Gasteiger partial charge is 0.120 e. The Balaban J connectivity index is 1.55. The molecule has 0 fully saturated rings. The lowest BCUT2D eigenvalue weighted by atomic mass is 9.79. The highest BCUT2D eigenvalue weighted by Crippen LogP contribution is 2.38. The van der Waals surface area contributed by atoms with Crippen LogP contribution in [-0.2, 0) is 19.3 Å². The molecule has 1 N–H and O–H groups in total. The molecule has 0 aromatic heterocycles. The third-order valence-corrected chi connectivity index (χ3v) is 6.13. The van der Waals surface area contributed by atoms with Crippen LogP contribution in [-0.4, -0.2) is 20.3 Å². The van der Waals surface area contributed by atoms with Gasteiger partial charge in [0.25, 0.3) is 0 Å². The maximum absolute atomic E-state index is 5.52. The number of aryl methyl sites for hydroxylation is 1. The molecule has 3 aromatic carbocycles. The zero-order valence-corrected chi connectivity index (χ0v) is 18.2. The first-order chi connectivity index (χ1) is 14.7. The highest BCUT2D eigenvalue weighted by atomic mass is 16.5. The van der Waals surface area contributed by atoms with Crippen LogP contribution < -0.4 is 14.8 Å². The molecule has 0 bridgehead atoms. The van der Waals surface area contributed by atoms with Crippen LogP contribution in [0.5, 0.6) is 11.5 Å². The lowest BCUT2D eigenvalue weighted by Crippen LogP contribution is -2.21. The van der Waals surface area contributed by atoms with Crippen molar-refractivity contribution in [2.24, 2.45) is 0 Å². The van der Waals surface area contributed by atoms with Gasteiger partial charge < -0.3 is 14.8 Å². The fourth-order valence-electron chi connectivity index (χ4n) is 4.55. The summed E-state index contributed by atoms with van der Waals surface area (Å²) in [6, 6.07) is 24.0. The van der Waals surface area contributed by atoms with E-state index >= 15 is 0 Å². The monoisotopic (exact) mass is 401 g/mol. The standard InChI is InChI=1S/C27H31NO2/c1-19(15-20-7-5-4-6-8-20)28-27-18-25(30-3)13-14-26(27)23-10-9-22-17-24(29-2)12-11-21(22)16-23/h4-8,11-14,17-19,23,28H,9-10,15-16H2,1-3H3. The van der Waals surface area contributed by atoms with Crippen molar-refractivity contribution in [1.82, 2.24) is 0 Å². The van der Waals surface area contributed by atoms with E-state index < -0.39 is 0 Å². The van der Waals surface area contributed by atoms with Crippen molar-refractivity contribution in [3.8, 4) is 11.5 Å². The van der Waals surface area contributed by atoms with Crippen LogP contribution in [0.4, 0.5) is 5.69 Å². The molecule has 0 saturated heterocycles. The summed E-state index contributed by atoms with van der Waals surface area (Å²) in [5, 5.41) is 3.77. The van der Waals surface area contributed by atoms with E-state index in [2.05, 4.69) is 79.0 Å². The molecule has 1 aliphatic carbocycles. The summed E-state index contributed by atoms with van der Waals surface area (Å²) in [6.45, 7) is 2.25. The van der Waals surface area contributed by atoms with Gasteiger partial charge in [-0.1, -0.05) is 42.5 Å². The molecular formula is C27H31NO2. The fourth-order valence-corrected chi connectivity index (χ4v) is 4.55. The number of benzene rings is 3. The summed E-state index contributed by atoms with van der Waals surface area (Å²) >= 11 is 0. The number of methoxy groups -OCH3 is 2. The van der Waals surface area contributed by atoms with Gasteiger partial charge in [-0.15, -0.1) is 0 Å². The number of hydrogen-bond acceptors (Lipinski definition) is 3. The van der Waals surface area contributed by atoms with E-state index in [1.54, 1.807) is 14.2 Å². The van der Waals surface area contributed by atoms with Gasteiger partial charge in [0.2, 0.25) is 0 Å². The molecule has 0 saturated carbocycles. The molecule has 4 rings (SSSR count). The summed E-state index contributed by atoms with van der Waals surface area (Å²) in [6.07, 6.45) is 4.29. The number of anilines is 1. The van der Waals surface area contributed by atoms with Crippen LogP contribution in [0.2, 0.25) is 0 Å². The second-order valence-electron chi connectivity index (χ2n) is 8.26. The Morgan fingerprint density at radius 2 is 1.63 bits per heavy atom. The molecule has 0 spiro atoms. The zero-order valence-electron chi connectivity index (χ0n) is 18.2. The first-order valence-corrected chi connectivity index (χ1v) is 10.8. The molecule has 0 aliphatic heterocycles. The fraction of sp³-hybridized carbons (Fsp3) is 0.333. The van der Waals surface area contributed by atoms with Gasteiger partial charge in [0.1, 0.15) is 11.5 Å². The quantitative estimate of drug-likeness (QED) is 0.525. The van der Waals surface area contributed by atoms with Gasteiger partial charge in [-0.2, -0.15) is 0 Å². The molecule has 0 heterocycles. The molecule has 3 nitrogen and oxygen atoms in total. The average molecular weight is 402 g/mol. The minimum Gasteiger partial charge on any atom is -0.497 e. The molecule has 0 amide bonds. The van der Waals surface area contributed by atoms with Gasteiger partial charge in [0, 0.05) is 17.8 Å². The lowest BCUT2D eigenvalue weighted by molar-refractivity contribution is 0.413. The Hall–Kier alpha value is -2.94. The first-order valence-electron chi connectivity index (χ1n) is 10.8. The second-order valence-corrected chi connectivity index (χ2v) is 8.26. The molecule has 3 aromatic rings. The summed E-state index contributed by atoms with van der Waals surface area (Å²) < 4.78 is 10.9. The number of fused-ring (bicyclic) bond motifs is 1. The lowest BCUT2D eigenvalue weighted by Gasteiger charge is -2.28. The van der Waals surface area contributed by atoms with E-state index in [4.69, 9.17) is 9.47 Å². The van der Waals surface area contributed by atoms with E-state index in [0.29, 0.717) is 12.0 Å². The van der Waals surface area contributed by atoms with E-state index in [1.807, 2.05) is 0 Å². The van der Waals surface area contributed by atoms with Gasteiger partial charge in [-0.3, -0.25) is 0 Å². The van der Waals surface area contributed by atoms with Gasteiger partial charge >= 0.3 is 0 Å². The topological polar surface area (TPSA) is 30.5 Å². The third-order valence-electron chi connectivity index (χ3n) is 6.13. The number of rotatable bonds is 7. The third kappa shape index (κ3) is 4.62. The van der Waals surface area contributed by atoms with Crippen LogP contribution in [0.1, 0.15) is 41.5 Å². The Kier molecular flexibility index (Phi) is 6.27. The SMILES string of the molecule is COc1ccc2c(c1)CCC(c1ccc(OC)cc1NC(C)Cc1ccccc1)C2. The molecular weight excluding hydrogens is 370 g/mol. The normalized spacial score (nSPS) is 16.4. The summed E-state index contributed by atoms with van der Waals surface area (Å²) in [7, 11) is 3.47. The van der Waals surface area contributed by atoms with Crippen LogP contribution in [0.25, 0.3) is 0 Å². The first kappa shape index (κ1) is 20.3. The predicted molar refractivity (Wildman–Crippen MR) is 124 cm³/mol. The molecule has 2 atom stereocenters. The minimum absolute atomic E-state index is 0.332. The summed E-state index contributed by atoms with van der Waals surface area (Å²) in [4.78, 5) is 0. The van der Waals surface area contributed by atoms with Crippen molar-refractivity contribution >= 4 is 5.69 Å². The maximum atomic E-state index is 5.52. The summed E-state index contributed by atoms with van der Waals surface area (Å²) in [5.74, 6) is 2.35. The molecule has 2 unspecified atom stereocenters. The molecule has 1 aliphatic rings. The van der Waals surface area contributed by atoms with E-state index in [1.165, 1.54) is 27.9 Å². The largest absolute Gasteiger partial charge is 0.497 e. The summed E-state index contributed by atoms with van der Waals surface area (Å²) in [5.41, 5.74) is 6.79. The maximum Gasteiger partial charge on any atom is 0.120 e. The number of ether oxygens (including phenoxy) is 2. The minimum atomic E-state index is 0.332. The van der Waals surface area contributed by atoms with Crippen molar-refractivity contribution in [1.29, 1.82) is 0 Å².